The fourth-order valence-electron chi connectivity index (χ4n) is 1.84. The molecule has 0 saturated heterocycles. The maximum Gasteiger partial charge on any atom is 0.331 e. The van der Waals surface area contributed by atoms with E-state index in [2.05, 4.69) is 11.8 Å². The van der Waals surface area contributed by atoms with Crippen LogP contribution in [0.15, 0.2) is 40.1 Å². The van der Waals surface area contributed by atoms with Gasteiger partial charge in [0, 0.05) is 23.8 Å². The summed E-state index contributed by atoms with van der Waals surface area (Å²) in [6.45, 7) is 1.36. The summed E-state index contributed by atoms with van der Waals surface area (Å²) in [6, 6.07) is 6.97. The molecule has 0 aliphatic carbocycles. The Morgan fingerprint density at radius 2 is 1.86 bits per heavy atom. The van der Waals surface area contributed by atoms with Crippen LogP contribution in [0.25, 0.3) is 0 Å². The van der Waals surface area contributed by atoms with Gasteiger partial charge in [0.2, 0.25) is 0 Å². The standard InChI is InChI=1S/C16H13ClN2O3/c1-11(20)14-10-19(16(22)18(2)15(14)21)9-3-4-12-5-7-13(17)8-6-12/h5-8,10H,9H2,1-2H3. The molecule has 0 radical (unpaired) electrons. The van der Waals surface area contributed by atoms with Gasteiger partial charge in [-0.2, -0.15) is 0 Å². The van der Waals surface area contributed by atoms with Gasteiger partial charge in [0.15, 0.2) is 5.78 Å². The fourth-order valence-corrected chi connectivity index (χ4v) is 1.97. The predicted octanol–water partition coefficient (Wildman–Crippen LogP) is 1.45. The van der Waals surface area contributed by atoms with Gasteiger partial charge in [0.05, 0.1) is 12.1 Å². The molecule has 6 heteroatoms. The van der Waals surface area contributed by atoms with Gasteiger partial charge in [-0.15, -0.1) is 0 Å². The summed E-state index contributed by atoms with van der Waals surface area (Å²) in [5.74, 6) is 5.34. The lowest BCUT2D eigenvalue weighted by molar-refractivity contribution is 0.101. The van der Waals surface area contributed by atoms with Crippen LogP contribution in [-0.2, 0) is 13.6 Å². The summed E-state index contributed by atoms with van der Waals surface area (Å²) >= 11 is 5.78. The Labute approximate surface area is 131 Å². The van der Waals surface area contributed by atoms with Gasteiger partial charge < -0.3 is 0 Å². The molecular formula is C16H13ClN2O3. The van der Waals surface area contributed by atoms with Gasteiger partial charge >= 0.3 is 5.69 Å². The fraction of sp³-hybridized carbons (Fsp3) is 0.188. The maximum absolute atomic E-state index is 12.0. The maximum atomic E-state index is 12.0. The molecule has 0 fully saturated rings. The van der Waals surface area contributed by atoms with Gasteiger partial charge in [-0.25, -0.2) is 4.79 Å². The number of hydrogen-bond acceptors (Lipinski definition) is 3. The van der Waals surface area contributed by atoms with Crippen molar-refractivity contribution in [1.82, 2.24) is 9.13 Å². The molecule has 0 aliphatic rings. The average molecular weight is 317 g/mol. The summed E-state index contributed by atoms with van der Waals surface area (Å²) in [4.78, 5) is 35.2. The Bertz CT molecular complexity index is 896. The van der Waals surface area contributed by atoms with Crippen molar-refractivity contribution >= 4 is 17.4 Å². The summed E-state index contributed by atoms with van der Waals surface area (Å²) in [5.41, 5.74) is -0.385. The molecule has 0 saturated carbocycles. The Balaban J connectivity index is 2.35. The van der Waals surface area contributed by atoms with Crippen LogP contribution in [0.1, 0.15) is 22.8 Å². The van der Waals surface area contributed by atoms with Crippen LogP contribution < -0.4 is 11.2 Å². The minimum atomic E-state index is -0.598. The summed E-state index contributed by atoms with van der Waals surface area (Å²) in [5, 5.41) is 0.617. The van der Waals surface area contributed by atoms with Crippen molar-refractivity contribution in [3.8, 4) is 11.8 Å². The third-order valence-corrected chi connectivity index (χ3v) is 3.31. The first kappa shape index (κ1) is 15.8. The van der Waals surface area contributed by atoms with Gasteiger partial charge in [-0.05, 0) is 31.2 Å². The molecule has 22 heavy (non-hydrogen) atoms. The number of ketones is 1. The summed E-state index contributed by atoms with van der Waals surface area (Å²) < 4.78 is 2.14. The SMILES string of the molecule is CC(=O)c1cn(CC#Cc2ccc(Cl)cc2)c(=O)n(C)c1=O. The van der Waals surface area contributed by atoms with Crippen LogP contribution in [0.2, 0.25) is 5.02 Å². The number of benzene rings is 1. The third-order valence-electron chi connectivity index (χ3n) is 3.06. The molecular weight excluding hydrogens is 304 g/mol. The van der Waals surface area contributed by atoms with E-state index in [1.54, 1.807) is 24.3 Å². The zero-order valence-electron chi connectivity index (χ0n) is 12.1. The topological polar surface area (TPSA) is 61.1 Å². The van der Waals surface area contributed by atoms with Gasteiger partial charge in [-0.1, -0.05) is 23.4 Å². The van der Waals surface area contributed by atoms with Crippen molar-refractivity contribution in [2.75, 3.05) is 0 Å². The molecule has 1 heterocycles. The first-order chi connectivity index (χ1) is 10.4. The number of aromatic nitrogens is 2. The lowest BCUT2D eigenvalue weighted by Gasteiger charge is -2.06. The minimum Gasteiger partial charge on any atom is -0.294 e. The van der Waals surface area contributed by atoms with Crippen molar-refractivity contribution < 1.29 is 4.79 Å². The molecule has 112 valence electrons. The van der Waals surface area contributed by atoms with Crippen molar-refractivity contribution in [2.24, 2.45) is 7.05 Å². The lowest BCUT2D eigenvalue weighted by atomic mass is 10.2. The van der Waals surface area contributed by atoms with E-state index in [1.807, 2.05) is 0 Å². The van der Waals surface area contributed by atoms with Crippen molar-refractivity contribution in [2.45, 2.75) is 13.5 Å². The summed E-state index contributed by atoms with van der Waals surface area (Å²) in [6.07, 6.45) is 1.25. The largest absolute Gasteiger partial charge is 0.331 e. The van der Waals surface area contributed by atoms with E-state index in [0.717, 1.165) is 10.1 Å². The minimum absolute atomic E-state index is 0.0320. The molecule has 0 bridgehead atoms. The zero-order chi connectivity index (χ0) is 16.3. The van der Waals surface area contributed by atoms with Crippen LogP contribution in [0, 0.1) is 11.8 Å². The number of nitrogens with zero attached hydrogens (tertiary/aromatic N) is 2. The quantitative estimate of drug-likeness (QED) is 0.622. The highest BCUT2D eigenvalue weighted by Crippen LogP contribution is 2.08. The molecule has 1 aromatic heterocycles. The highest BCUT2D eigenvalue weighted by Gasteiger charge is 2.11. The zero-order valence-corrected chi connectivity index (χ0v) is 12.8. The smallest absolute Gasteiger partial charge is 0.294 e. The van der Waals surface area contributed by atoms with E-state index in [4.69, 9.17) is 11.6 Å². The van der Waals surface area contributed by atoms with E-state index in [0.29, 0.717) is 5.02 Å². The number of halogens is 1. The van der Waals surface area contributed by atoms with E-state index >= 15 is 0 Å². The number of hydrogen-bond donors (Lipinski definition) is 0. The molecule has 2 aromatic rings. The van der Waals surface area contributed by atoms with Crippen LogP contribution in [0.3, 0.4) is 0 Å². The van der Waals surface area contributed by atoms with Gasteiger partial charge in [-0.3, -0.25) is 18.7 Å². The molecule has 0 atom stereocenters. The number of carbonyl (C=O) groups is 1. The highest BCUT2D eigenvalue weighted by molar-refractivity contribution is 6.30. The normalized spacial score (nSPS) is 9.95. The first-order valence-corrected chi connectivity index (χ1v) is 6.84. The first-order valence-electron chi connectivity index (χ1n) is 6.46. The van der Waals surface area contributed by atoms with Crippen LogP contribution in [0.4, 0.5) is 0 Å². The Morgan fingerprint density at radius 1 is 1.23 bits per heavy atom. The third kappa shape index (κ3) is 3.35. The van der Waals surface area contributed by atoms with Crippen molar-refractivity contribution in [3.05, 3.63) is 67.4 Å². The van der Waals surface area contributed by atoms with E-state index < -0.39 is 11.2 Å². The van der Waals surface area contributed by atoms with E-state index in [1.165, 1.54) is 24.7 Å². The Hall–Kier alpha value is -2.58. The van der Waals surface area contributed by atoms with Gasteiger partial charge in [0.25, 0.3) is 5.56 Å². The number of carbonyl (C=O) groups excluding carboxylic acids is 1. The molecule has 5 nitrogen and oxygen atoms in total. The molecule has 0 spiro atoms. The molecule has 1 aromatic carbocycles. The molecule has 0 N–H and O–H groups in total. The summed E-state index contributed by atoms with van der Waals surface area (Å²) in [7, 11) is 1.33. The molecule has 0 aliphatic heterocycles. The predicted molar refractivity (Wildman–Crippen MR) is 84.3 cm³/mol. The second kappa shape index (κ2) is 6.46. The van der Waals surface area contributed by atoms with E-state index in [-0.39, 0.29) is 17.9 Å². The van der Waals surface area contributed by atoms with Crippen LogP contribution >= 0.6 is 11.6 Å². The molecule has 0 unspecified atom stereocenters. The second-order valence-corrected chi connectivity index (χ2v) is 5.12. The lowest BCUT2D eigenvalue weighted by Crippen LogP contribution is -2.40. The van der Waals surface area contributed by atoms with Crippen molar-refractivity contribution in [3.63, 3.8) is 0 Å². The number of Topliss-reactive ketones (excluding diaryl/α,β-unsaturated/α-hetero) is 1. The Morgan fingerprint density at radius 3 is 2.45 bits per heavy atom. The highest BCUT2D eigenvalue weighted by atomic mass is 35.5. The van der Waals surface area contributed by atoms with Gasteiger partial charge in [0.1, 0.15) is 0 Å². The van der Waals surface area contributed by atoms with Crippen molar-refractivity contribution in [1.29, 1.82) is 0 Å². The van der Waals surface area contributed by atoms with E-state index in [9.17, 15) is 14.4 Å². The molecule has 2 rings (SSSR count). The average Bonchev–Trinajstić information content (AvgIpc) is 2.49. The Kier molecular flexibility index (Phi) is 4.64. The number of rotatable bonds is 2. The molecule has 0 amide bonds. The van der Waals surface area contributed by atoms with Crippen LogP contribution in [-0.4, -0.2) is 14.9 Å². The monoisotopic (exact) mass is 316 g/mol. The van der Waals surface area contributed by atoms with Crippen LogP contribution in [0.5, 0.6) is 0 Å². The second-order valence-electron chi connectivity index (χ2n) is 4.68.